The van der Waals surface area contributed by atoms with E-state index in [0.29, 0.717) is 17.8 Å². The molecule has 1 aliphatic rings. The van der Waals surface area contributed by atoms with Crippen LogP contribution in [0.2, 0.25) is 0 Å². The lowest BCUT2D eigenvalue weighted by molar-refractivity contribution is -0.121. The van der Waals surface area contributed by atoms with Gasteiger partial charge in [-0.3, -0.25) is 14.4 Å². The van der Waals surface area contributed by atoms with E-state index in [9.17, 15) is 22.8 Å². The molecule has 2 rings (SSSR count). The van der Waals surface area contributed by atoms with Crippen LogP contribution in [-0.2, 0) is 24.2 Å². The summed E-state index contributed by atoms with van der Waals surface area (Å²) in [5.74, 6) is -0.619. The predicted molar refractivity (Wildman–Crippen MR) is 98.6 cm³/mol. The maximum absolute atomic E-state index is 12.1. The van der Waals surface area contributed by atoms with Crippen LogP contribution in [0.1, 0.15) is 26.7 Å². The Bertz CT molecular complexity index is 789. The first-order valence-electron chi connectivity index (χ1n) is 8.32. The first kappa shape index (κ1) is 19.9. The third kappa shape index (κ3) is 5.83. The van der Waals surface area contributed by atoms with Crippen molar-refractivity contribution in [3.63, 3.8) is 0 Å². The number of nitrogens with zero attached hydrogens (tertiary/aromatic N) is 1. The molecule has 0 aliphatic carbocycles. The molecule has 26 heavy (non-hydrogen) atoms. The Morgan fingerprint density at radius 3 is 2.31 bits per heavy atom. The van der Waals surface area contributed by atoms with E-state index in [1.807, 2.05) is 0 Å². The minimum absolute atomic E-state index is 0.0280. The van der Waals surface area contributed by atoms with Gasteiger partial charge in [0.15, 0.2) is 9.84 Å². The minimum atomic E-state index is -3.05. The lowest BCUT2D eigenvalue weighted by Gasteiger charge is -2.22. The monoisotopic (exact) mass is 381 g/mol. The first-order chi connectivity index (χ1) is 12.2. The van der Waals surface area contributed by atoms with Crippen LogP contribution in [0.4, 0.5) is 11.4 Å². The van der Waals surface area contributed by atoms with Gasteiger partial charge in [0.05, 0.1) is 11.5 Å². The molecule has 8 nitrogen and oxygen atoms in total. The molecule has 1 fully saturated rings. The Labute approximate surface area is 152 Å². The zero-order valence-corrected chi connectivity index (χ0v) is 15.6. The molecule has 1 atom stereocenters. The van der Waals surface area contributed by atoms with Crippen LogP contribution in [0.15, 0.2) is 24.3 Å². The zero-order chi connectivity index (χ0) is 19.3. The smallest absolute Gasteiger partial charge is 0.223 e. The summed E-state index contributed by atoms with van der Waals surface area (Å²) in [6, 6.07) is 6.38. The van der Waals surface area contributed by atoms with Gasteiger partial charge in [0.2, 0.25) is 17.7 Å². The molecule has 0 bridgehead atoms. The molecule has 9 heteroatoms. The maximum Gasteiger partial charge on any atom is 0.223 e. The van der Waals surface area contributed by atoms with E-state index in [4.69, 9.17) is 0 Å². The summed E-state index contributed by atoms with van der Waals surface area (Å²) in [4.78, 5) is 36.4. The molecule has 1 aromatic carbocycles. The third-order valence-electron chi connectivity index (χ3n) is 4.04. The maximum atomic E-state index is 12.1. The zero-order valence-electron chi connectivity index (χ0n) is 14.8. The van der Waals surface area contributed by atoms with Crippen molar-refractivity contribution in [3.8, 4) is 0 Å². The second-order valence-corrected chi connectivity index (χ2v) is 8.54. The number of benzene rings is 1. The SMILES string of the molecule is CC(=O)Nc1ccc(N(CCC(=O)NC2CCS(=O)(=O)C2)C(C)=O)cc1. The molecule has 2 N–H and O–H groups in total. The average Bonchev–Trinajstić information content (AvgIpc) is 2.87. The number of hydrogen-bond donors (Lipinski definition) is 2. The molecular weight excluding hydrogens is 358 g/mol. The van der Waals surface area contributed by atoms with Gasteiger partial charge in [0.1, 0.15) is 0 Å². The van der Waals surface area contributed by atoms with Crippen molar-refractivity contribution < 1.29 is 22.8 Å². The van der Waals surface area contributed by atoms with Gasteiger partial charge in [-0.15, -0.1) is 0 Å². The van der Waals surface area contributed by atoms with Crippen molar-refractivity contribution in [1.29, 1.82) is 0 Å². The van der Waals surface area contributed by atoms with Gasteiger partial charge in [-0.2, -0.15) is 0 Å². The quantitative estimate of drug-likeness (QED) is 0.753. The summed E-state index contributed by atoms with van der Waals surface area (Å²) in [7, 11) is -3.05. The number of hydrogen-bond acceptors (Lipinski definition) is 5. The van der Waals surface area contributed by atoms with Crippen LogP contribution >= 0.6 is 0 Å². The highest BCUT2D eigenvalue weighted by atomic mass is 32.2. The molecule has 1 saturated heterocycles. The van der Waals surface area contributed by atoms with Crippen molar-refractivity contribution in [2.24, 2.45) is 0 Å². The number of sulfone groups is 1. The van der Waals surface area contributed by atoms with Gasteiger partial charge in [-0.1, -0.05) is 0 Å². The molecule has 0 aromatic heterocycles. The van der Waals surface area contributed by atoms with Crippen molar-refractivity contribution in [1.82, 2.24) is 5.32 Å². The van der Waals surface area contributed by atoms with E-state index >= 15 is 0 Å². The molecule has 1 unspecified atom stereocenters. The Hall–Kier alpha value is -2.42. The van der Waals surface area contributed by atoms with Gasteiger partial charge < -0.3 is 15.5 Å². The fourth-order valence-corrected chi connectivity index (χ4v) is 4.49. The van der Waals surface area contributed by atoms with Crippen LogP contribution < -0.4 is 15.5 Å². The highest BCUT2D eigenvalue weighted by Gasteiger charge is 2.28. The van der Waals surface area contributed by atoms with Crippen molar-refractivity contribution >= 4 is 38.9 Å². The van der Waals surface area contributed by atoms with Crippen LogP contribution in [0, 0.1) is 0 Å². The number of amides is 3. The highest BCUT2D eigenvalue weighted by molar-refractivity contribution is 7.91. The van der Waals surface area contributed by atoms with Crippen molar-refractivity contribution in [2.45, 2.75) is 32.7 Å². The Kier molecular flexibility index (Phi) is 6.36. The number of rotatable bonds is 6. The summed E-state index contributed by atoms with van der Waals surface area (Å²) < 4.78 is 22.9. The lowest BCUT2D eigenvalue weighted by atomic mass is 10.2. The van der Waals surface area contributed by atoms with Crippen molar-refractivity contribution in [3.05, 3.63) is 24.3 Å². The Morgan fingerprint density at radius 2 is 1.81 bits per heavy atom. The summed E-state index contributed by atoms with van der Waals surface area (Å²) in [6.07, 6.45) is 0.499. The van der Waals surface area contributed by atoms with E-state index in [0.717, 1.165) is 0 Å². The number of carbonyl (C=O) groups excluding carboxylic acids is 3. The average molecular weight is 381 g/mol. The lowest BCUT2D eigenvalue weighted by Crippen LogP contribution is -2.38. The molecule has 1 aliphatic heterocycles. The summed E-state index contributed by atoms with van der Waals surface area (Å²) in [5.41, 5.74) is 1.23. The van der Waals surface area contributed by atoms with Crippen LogP contribution in [0.3, 0.4) is 0 Å². The summed E-state index contributed by atoms with van der Waals surface area (Å²) in [5, 5.41) is 5.35. The van der Waals surface area contributed by atoms with Crippen LogP contribution in [-0.4, -0.2) is 50.2 Å². The topological polar surface area (TPSA) is 113 Å². The number of nitrogens with one attached hydrogen (secondary N) is 2. The molecule has 0 spiro atoms. The van der Waals surface area contributed by atoms with Crippen molar-refractivity contribution in [2.75, 3.05) is 28.3 Å². The summed E-state index contributed by atoms with van der Waals surface area (Å²) in [6.45, 7) is 2.99. The highest BCUT2D eigenvalue weighted by Crippen LogP contribution is 2.19. The number of anilines is 2. The van der Waals surface area contributed by atoms with Gasteiger partial charge in [-0.05, 0) is 30.7 Å². The molecule has 142 valence electrons. The van der Waals surface area contributed by atoms with Gasteiger partial charge in [0, 0.05) is 44.2 Å². The fourth-order valence-electron chi connectivity index (χ4n) is 2.82. The second kappa shape index (κ2) is 8.31. The normalized spacial score (nSPS) is 18.2. The molecule has 0 radical (unpaired) electrons. The largest absolute Gasteiger partial charge is 0.352 e. The molecule has 0 saturated carbocycles. The second-order valence-electron chi connectivity index (χ2n) is 6.32. The minimum Gasteiger partial charge on any atom is -0.352 e. The molecular formula is C17H23N3O5S. The van der Waals surface area contributed by atoms with E-state index in [-0.39, 0.29) is 48.2 Å². The van der Waals surface area contributed by atoms with Gasteiger partial charge >= 0.3 is 0 Å². The molecule has 1 aromatic rings. The number of carbonyl (C=O) groups is 3. The van der Waals surface area contributed by atoms with Crippen LogP contribution in [0.25, 0.3) is 0 Å². The Balaban J connectivity index is 1.92. The molecule has 3 amide bonds. The Morgan fingerprint density at radius 1 is 1.15 bits per heavy atom. The fraction of sp³-hybridized carbons (Fsp3) is 0.471. The van der Waals surface area contributed by atoms with E-state index < -0.39 is 9.84 Å². The first-order valence-corrected chi connectivity index (χ1v) is 10.1. The summed E-state index contributed by atoms with van der Waals surface area (Å²) >= 11 is 0. The third-order valence-corrected chi connectivity index (χ3v) is 5.81. The van der Waals surface area contributed by atoms with Gasteiger partial charge in [0.25, 0.3) is 0 Å². The van der Waals surface area contributed by atoms with Gasteiger partial charge in [-0.25, -0.2) is 8.42 Å². The predicted octanol–water partition coefficient (Wildman–Crippen LogP) is 0.691. The van der Waals surface area contributed by atoms with Crippen LogP contribution in [0.5, 0.6) is 0 Å². The van der Waals surface area contributed by atoms with E-state index in [1.165, 1.54) is 18.7 Å². The standard InChI is InChI=1S/C17H23N3O5S/c1-12(21)18-14-3-5-16(6-4-14)20(13(2)22)9-7-17(23)19-15-8-10-26(24,25)11-15/h3-6,15H,7-11H2,1-2H3,(H,18,21)(H,19,23). The molecule has 1 heterocycles. The van der Waals surface area contributed by atoms with E-state index in [2.05, 4.69) is 10.6 Å². The van der Waals surface area contributed by atoms with E-state index in [1.54, 1.807) is 24.3 Å².